The Bertz CT molecular complexity index is 273. The van der Waals surface area contributed by atoms with Crippen molar-refractivity contribution in [2.24, 2.45) is 5.73 Å². The predicted octanol–water partition coefficient (Wildman–Crippen LogP) is -0.186. The van der Waals surface area contributed by atoms with Gasteiger partial charge in [0.25, 0.3) is 0 Å². The third-order valence-electron chi connectivity index (χ3n) is 1.70. The molecule has 0 rings (SSSR count). The molecule has 0 aliphatic carbocycles. The number of hydrogen-bond donors (Lipinski definition) is 3. The zero-order chi connectivity index (χ0) is 11.1. The summed E-state index contributed by atoms with van der Waals surface area (Å²) in [5.41, 5.74) is 7.00. The smallest absolute Gasteiger partial charge is 0.217 e. The number of allylic oxidation sites excluding steroid dienone is 2. The minimum atomic E-state index is -0.526. The molecule has 0 spiro atoms. The fraction of sp³-hybridized carbons (Fsp3) is 0.556. The molecule has 1 amide bonds. The highest BCUT2D eigenvalue weighted by Crippen LogP contribution is 1.91. The van der Waals surface area contributed by atoms with Crippen LogP contribution in [0.5, 0.6) is 0 Å². The summed E-state index contributed by atoms with van der Waals surface area (Å²) in [6, 6.07) is 1.44. The Kier molecular flexibility index (Phi) is 5.15. The molecule has 4 N–H and O–H groups in total. The summed E-state index contributed by atoms with van der Waals surface area (Å²) in [4.78, 5) is 10.7. The topological polar surface area (TPSA) is 90.9 Å². The van der Waals surface area contributed by atoms with Gasteiger partial charge < -0.3 is 16.4 Å². The Morgan fingerprint density at radius 1 is 1.50 bits per heavy atom. The Morgan fingerprint density at radius 2 is 2.07 bits per heavy atom. The van der Waals surface area contributed by atoms with Crippen molar-refractivity contribution in [1.29, 1.82) is 5.26 Å². The number of hydrogen-bond acceptors (Lipinski definition) is 4. The van der Waals surface area contributed by atoms with Crippen LogP contribution in [-0.2, 0) is 4.79 Å². The van der Waals surface area contributed by atoms with Crippen molar-refractivity contribution >= 4 is 5.91 Å². The SMILES string of the molecule is CC(=O)N[C@H](C#N)CN/C(C)=C(/C)N. The summed E-state index contributed by atoms with van der Waals surface area (Å²) in [7, 11) is 0. The van der Waals surface area contributed by atoms with Crippen LogP contribution in [0.1, 0.15) is 20.8 Å². The van der Waals surface area contributed by atoms with Gasteiger partial charge in [0.15, 0.2) is 0 Å². The Balaban J connectivity index is 4.05. The molecule has 14 heavy (non-hydrogen) atoms. The van der Waals surface area contributed by atoms with Gasteiger partial charge >= 0.3 is 0 Å². The van der Waals surface area contributed by atoms with E-state index < -0.39 is 6.04 Å². The fourth-order valence-electron chi connectivity index (χ4n) is 0.769. The van der Waals surface area contributed by atoms with Crippen LogP contribution in [0.25, 0.3) is 0 Å². The fourth-order valence-corrected chi connectivity index (χ4v) is 0.769. The molecule has 0 saturated heterocycles. The Hall–Kier alpha value is -1.70. The molecule has 0 aromatic heterocycles. The number of carbonyl (C=O) groups excluding carboxylic acids is 1. The van der Waals surface area contributed by atoms with Crippen LogP contribution in [0.3, 0.4) is 0 Å². The molecule has 78 valence electrons. The van der Waals surface area contributed by atoms with Crippen molar-refractivity contribution in [2.45, 2.75) is 26.8 Å². The minimum absolute atomic E-state index is 0.218. The van der Waals surface area contributed by atoms with Crippen LogP contribution < -0.4 is 16.4 Å². The Morgan fingerprint density at radius 3 is 2.43 bits per heavy atom. The molecule has 1 atom stereocenters. The van der Waals surface area contributed by atoms with Gasteiger partial charge in [-0.25, -0.2) is 0 Å². The number of carbonyl (C=O) groups is 1. The maximum atomic E-state index is 10.7. The first-order valence-corrected chi connectivity index (χ1v) is 4.31. The minimum Gasteiger partial charge on any atom is -0.401 e. The van der Waals surface area contributed by atoms with Crippen molar-refractivity contribution in [3.05, 3.63) is 11.4 Å². The molecule has 0 aromatic carbocycles. The molecule has 0 fully saturated rings. The molecule has 0 radical (unpaired) electrons. The number of nitriles is 1. The van der Waals surface area contributed by atoms with E-state index in [1.807, 2.05) is 13.0 Å². The van der Waals surface area contributed by atoms with Crippen LogP contribution in [-0.4, -0.2) is 18.5 Å². The summed E-state index contributed by atoms with van der Waals surface area (Å²) in [6.45, 7) is 5.32. The molecular weight excluding hydrogens is 180 g/mol. The van der Waals surface area contributed by atoms with E-state index in [4.69, 9.17) is 11.0 Å². The van der Waals surface area contributed by atoms with Gasteiger partial charge in [0.2, 0.25) is 5.91 Å². The molecule has 0 aromatic rings. The second-order valence-electron chi connectivity index (χ2n) is 3.07. The summed E-state index contributed by atoms with van der Waals surface area (Å²) < 4.78 is 0. The predicted molar refractivity (Wildman–Crippen MR) is 53.8 cm³/mol. The van der Waals surface area contributed by atoms with Crippen molar-refractivity contribution in [2.75, 3.05) is 6.54 Å². The quantitative estimate of drug-likeness (QED) is 0.581. The van der Waals surface area contributed by atoms with Crippen LogP contribution in [0.4, 0.5) is 0 Å². The van der Waals surface area contributed by atoms with E-state index in [1.165, 1.54) is 6.92 Å². The average Bonchev–Trinajstić information content (AvgIpc) is 2.10. The van der Waals surface area contributed by atoms with Crippen molar-refractivity contribution in [1.82, 2.24) is 10.6 Å². The van der Waals surface area contributed by atoms with Crippen LogP contribution in [0.15, 0.2) is 11.4 Å². The lowest BCUT2D eigenvalue weighted by Gasteiger charge is -2.13. The van der Waals surface area contributed by atoms with E-state index in [0.29, 0.717) is 12.2 Å². The van der Waals surface area contributed by atoms with Gasteiger partial charge in [-0.3, -0.25) is 4.79 Å². The second kappa shape index (κ2) is 5.86. The van der Waals surface area contributed by atoms with Crippen molar-refractivity contribution < 1.29 is 4.79 Å². The maximum Gasteiger partial charge on any atom is 0.217 e. The van der Waals surface area contributed by atoms with E-state index in [0.717, 1.165) is 5.70 Å². The number of nitrogens with two attached hydrogens (primary N) is 1. The molecule has 0 aliphatic rings. The Labute approximate surface area is 84.0 Å². The molecular formula is C9H16N4O. The summed E-state index contributed by atoms with van der Waals surface area (Å²) in [6.07, 6.45) is 0. The van der Waals surface area contributed by atoms with Gasteiger partial charge in [0, 0.05) is 24.9 Å². The largest absolute Gasteiger partial charge is 0.401 e. The van der Waals surface area contributed by atoms with Gasteiger partial charge in [-0.15, -0.1) is 0 Å². The van der Waals surface area contributed by atoms with E-state index in [1.54, 1.807) is 6.92 Å². The van der Waals surface area contributed by atoms with Crippen LogP contribution in [0, 0.1) is 11.3 Å². The number of rotatable bonds is 4. The number of nitrogens with zero attached hydrogens (tertiary/aromatic N) is 1. The first-order valence-electron chi connectivity index (χ1n) is 4.31. The highest BCUT2D eigenvalue weighted by molar-refractivity contribution is 5.73. The lowest BCUT2D eigenvalue weighted by Crippen LogP contribution is -2.39. The zero-order valence-electron chi connectivity index (χ0n) is 8.72. The van der Waals surface area contributed by atoms with E-state index >= 15 is 0 Å². The van der Waals surface area contributed by atoms with Crippen molar-refractivity contribution in [3.63, 3.8) is 0 Å². The molecule has 0 unspecified atom stereocenters. The standard InChI is InChI=1S/C9H16N4O/c1-6(11)7(2)12-5-9(4-10)13-8(3)14/h9,12H,5,11H2,1-3H3,(H,13,14)/b7-6-/t9-/m1/s1. The molecule has 5 nitrogen and oxygen atoms in total. The summed E-state index contributed by atoms with van der Waals surface area (Å²) >= 11 is 0. The molecule has 0 heterocycles. The average molecular weight is 196 g/mol. The lowest BCUT2D eigenvalue weighted by molar-refractivity contribution is -0.119. The number of amides is 1. The summed E-state index contributed by atoms with van der Waals surface area (Å²) in [5, 5.41) is 14.1. The van der Waals surface area contributed by atoms with Crippen LogP contribution in [0.2, 0.25) is 0 Å². The lowest BCUT2D eigenvalue weighted by atomic mass is 10.3. The zero-order valence-corrected chi connectivity index (χ0v) is 8.72. The molecule has 0 aliphatic heterocycles. The van der Waals surface area contributed by atoms with E-state index in [2.05, 4.69) is 10.6 Å². The van der Waals surface area contributed by atoms with Gasteiger partial charge in [-0.2, -0.15) is 5.26 Å². The summed E-state index contributed by atoms with van der Waals surface area (Å²) in [5.74, 6) is -0.218. The highest BCUT2D eigenvalue weighted by atomic mass is 16.1. The molecule has 0 bridgehead atoms. The van der Waals surface area contributed by atoms with Crippen molar-refractivity contribution in [3.8, 4) is 6.07 Å². The third-order valence-corrected chi connectivity index (χ3v) is 1.70. The van der Waals surface area contributed by atoms with E-state index in [-0.39, 0.29) is 5.91 Å². The first-order chi connectivity index (χ1) is 6.47. The van der Waals surface area contributed by atoms with Gasteiger partial charge in [0.1, 0.15) is 6.04 Å². The second-order valence-corrected chi connectivity index (χ2v) is 3.07. The monoisotopic (exact) mass is 196 g/mol. The normalized spacial score (nSPS) is 13.6. The van der Waals surface area contributed by atoms with Gasteiger partial charge in [-0.1, -0.05) is 0 Å². The molecule has 0 saturated carbocycles. The highest BCUT2D eigenvalue weighted by Gasteiger charge is 2.07. The third kappa shape index (κ3) is 5.04. The molecule has 5 heteroatoms. The van der Waals surface area contributed by atoms with Gasteiger partial charge in [0.05, 0.1) is 6.07 Å². The van der Waals surface area contributed by atoms with Gasteiger partial charge in [-0.05, 0) is 13.8 Å². The first kappa shape index (κ1) is 12.3. The van der Waals surface area contributed by atoms with E-state index in [9.17, 15) is 4.79 Å². The number of nitrogens with one attached hydrogen (secondary N) is 2. The maximum absolute atomic E-state index is 10.7. The van der Waals surface area contributed by atoms with Crippen LogP contribution >= 0.6 is 0 Å².